The summed E-state index contributed by atoms with van der Waals surface area (Å²) < 4.78 is 0. The van der Waals surface area contributed by atoms with Crippen LogP contribution < -0.4 is 0 Å². The van der Waals surface area contributed by atoms with E-state index in [4.69, 9.17) is 5.11 Å². The van der Waals surface area contributed by atoms with Crippen LogP contribution in [0, 0.1) is 0 Å². The standard InChI is InChI=1S/C12H23NO3/c1-6-13(7-2)9(4)11(10(5)14)8(3)12(15)16/h9-10,14H,6-7H2,1-5H3,(H,15,16). The molecule has 0 aromatic rings. The van der Waals surface area contributed by atoms with Crippen molar-refractivity contribution in [2.75, 3.05) is 13.1 Å². The van der Waals surface area contributed by atoms with E-state index in [1.165, 1.54) is 0 Å². The number of carboxylic acid groups (broad SMARTS) is 1. The highest BCUT2D eigenvalue weighted by Gasteiger charge is 2.23. The molecular weight excluding hydrogens is 206 g/mol. The van der Waals surface area contributed by atoms with Crippen LogP contribution in [0.5, 0.6) is 0 Å². The summed E-state index contributed by atoms with van der Waals surface area (Å²) in [6.45, 7) is 10.8. The number of likely N-dealkylation sites (N-methyl/N-ethyl adjacent to an activating group) is 1. The van der Waals surface area contributed by atoms with Crippen LogP contribution >= 0.6 is 0 Å². The lowest BCUT2D eigenvalue weighted by molar-refractivity contribution is -0.132. The minimum absolute atomic E-state index is 0.0499. The minimum Gasteiger partial charge on any atom is -0.478 e. The molecule has 0 aromatic heterocycles. The molecule has 0 heterocycles. The first kappa shape index (κ1) is 15.1. The zero-order valence-corrected chi connectivity index (χ0v) is 10.8. The fourth-order valence-corrected chi connectivity index (χ4v) is 2.07. The van der Waals surface area contributed by atoms with Crippen LogP contribution in [0.1, 0.15) is 34.6 Å². The Bertz CT molecular complexity index is 267. The van der Waals surface area contributed by atoms with Gasteiger partial charge in [0.15, 0.2) is 0 Å². The van der Waals surface area contributed by atoms with Crippen molar-refractivity contribution in [1.82, 2.24) is 4.90 Å². The quantitative estimate of drug-likeness (QED) is 0.678. The van der Waals surface area contributed by atoms with Crippen molar-refractivity contribution < 1.29 is 15.0 Å². The Morgan fingerprint density at radius 2 is 1.69 bits per heavy atom. The van der Waals surface area contributed by atoms with Gasteiger partial charge in [0.1, 0.15) is 0 Å². The van der Waals surface area contributed by atoms with E-state index >= 15 is 0 Å². The summed E-state index contributed by atoms with van der Waals surface area (Å²) in [7, 11) is 0. The van der Waals surface area contributed by atoms with Gasteiger partial charge in [-0.25, -0.2) is 4.79 Å². The van der Waals surface area contributed by atoms with Crippen LogP contribution in [0.25, 0.3) is 0 Å². The Labute approximate surface area is 97.6 Å². The molecule has 0 fully saturated rings. The molecule has 16 heavy (non-hydrogen) atoms. The molecule has 0 saturated heterocycles. The van der Waals surface area contributed by atoms with Crippen LogP contribution in [-0.2, 0) is 4.79 Å². The molecule has 0 aliphatic heterocycles. The number of carbonyl (C=O) groups is 1. The zero-order valence-electron chi connectivity index (χ0n) is 10.8. The van der Waals surface area contributed by atoms with Crippen LogP contribution in [0.2, 0.25) is 0 Å². The Balaban J connectivity index is 5.22. The number of nitrogens with zero attached hydrogens (tertiary/aromatic N) is 1. The SMILES string of the molecule is CCN(CC)C(C)C(=C(C)C(=O)O)C(C)O. The molecule has 4 heteroatoms. The van der Waals surface area contributed by atoms with Crippen LogP contribution in [-0.4, -0.2) is 46.3 Å². The van der Waals surface area contributed by atoms with Gasteiger partial charge in [0.05, 0.1) is 6.10 Å². The second-order valence-corrected chi connectivity index (χ2v) is 3.96. The summed E-state index contributed by atoms with van der Waals surface area (Å²) in [4.78, 5) is 13.1. The average molecular weight is 229 g/mol. The number of carboxylic acids is 1. The fraction of sp³-hybridized carbons (Fsp3) is 0.750. The van der Waals surface area contributed by atoms with E-state index in [0.29, 0.717) is 5.57 Å². The molecule has 0 saturated carbocycles. The van der Waals surface area contributed by atoms with E-state index < -0.39 is 12.1 Å². The third kappa shape index (κ3) is 3.61. The van der Waals surface area contributed by atoms with Crippen molar-refractivity contribution in [3.05, 3.63) is 11.1 Å². The Kier molecular flexibility index (Phi) is 6.29. The van der Waals surface area contributed by atoms with E-state index in [1.54, 1.807) is 13.8 Å². The first-order valence-electron chi connectivity index (χ1n) is 5.72. The van der Waals surface area contributed by atoms with Crippen molar-refractivity contribution in [2.45, 2.75) is 46.8 Å². The van der Waals surface area contributed by atoms with Crippen molar-refractivity contribution in [2.24, 2.45) is 0 Å². The monoisotopic (exact) mass is 229 g/mol. The number of hydrogen-bond acceptors (Lipinski definition) is 3. The number of rotatable bonds is 6. The van der Waals surface area contributed by atoms with Crippen LogP contribution in [0.4, 0.5) is 0 Å². The lowest BCUT2D eigenvalue weighted by Gasteiger charge is -2.30. The number of aliphatic hydroxyl groups is 1. The maximum absolute atomic E-state index is 11.0. The summed E-state index contributed by atoms with van der Waals surface area (Å²) >= 11 is 0. The second-order valence-electron chi connectivity index (χ2n) is 3.96. The van der Waals surface area contributed by atoms with Crippen molar-refractivity contribution in [3.8, 4) is 0 Å². The highest BCUT2D eigenvalue weighted by molar-refractivity contribution is 5.87. The smallest absolute Gasteiger partial charge is 0.331 e. The van der Waals surface area contributed by atoms with Crippen LogP contribution in [0.15, 0.2) is 11.1 Å². The molecule has 4 nitrogen and oxygen atoms in total. The van der Waals surface area contributed by atoms with E-state index in [1.807, 2.05) is 20.8 Å². The molecule has 2 N–H and O–H groups in total. The molecule has 0 bridgehead atoms. The fourth-order valence-electron chi connectivity index (χ4n) is 2.07. The number of aliphatic hydroxyl groups excluding tert-OH is 1. The van der Waals surface area contributed by atoms with Crippen molar-refractivity contribution >= 4 is 5.97 Å². The molecule has 2 atom stereocenters. The lowest BCUT2D eigenvalue weighted by Crippen LogP contribution is -2.38. The highest BCUT2D eigenvalue weighted by Crippen LogP contribution is 2.18. The molecule has 0 aromatic carbocycles. The van der Waals surface area contributed by atoms with E-state index in [-0.39, 0.29) is 11.6 Å². The van der Waals surface area contributed by atoms with Crippen molar-refractivity contribution in [1.29, 1.82) is 0 Å². The highest BCUT2D eigenvalue weighted by atomic mass is 16.4. The lowest BCUT2D eigenvalue weighted by atomic mass is 9.96. The van der Waals surface area contributed by atoms with E-state index in [2.05, 4.69) is 4.90 Å². The Morgan fingerprint density at radius 1 is 1.25 bits per heavy atom. The summed E-state index contributed by atoms with van der Waals surface area (Å²) in [5, 5.41) is 18.7. The Hall–Kier alpha value is -0.870. The molecule has 0 spiro atoms. The molecule has 0 amide bonds. The summed E-state index contributed by atoms with van der Waals surface area (Å²) in [6.07, 6.45) is -0.730. The third-order valence-electron chi connectivity index (χ3n) is 3.01. The van der Waals surface area contributed by atoms with E-state index in [0.717, 1.165) is 13.1 Å². The van der Waals surface area contributed by atoms with E-state index in [9.17, 15) is 9.90 Å². The van der Waals surface area contributed by atoms with Gasteiger partial charge in [0.2, 0.25) is 0 Å². The van der Waals surface area contributed by atoms with Gasteiger partial charge in [-0.05, 0) is 39.4 Å². The minimum atomic E-state index is -0.963. The largest absolute Gasteiger partial charge is 0.478 e. The molecule has 0 aliphatic carbocycles. The van der Waals surface area contributed by atoms with Crippen molar-refractivity contribution in [3.63, 3.8) is 0 Å². The van der Waals surface area contributed by atoms with Gasteiger partial charge in [-0.15, -0.1) is 0 Å². The number of aliphatic carboxylic acids is 1. The maximum atomic E-state index is 11.0. The first-order chi connectivity index (χ1) is 7.36. The third-order valence-corrected chi connectivity index (χ3v) is 3.01. The summed E-state index contributed by atoms with van der Waals surface area (Å²) in [5.74, 6) is -0.963. The van der Waals surface area contributed by atoms with Crippen LogP contribution in [0.3, 0.4) is 0 Å². The topological polar surface area (TPSA) is 60.8 Å². The van der Waals surface area contributed by atoms with Gasteiger partial charge < -0.3 is 10.2 Å². The Morgan fingerprint density at radius 3 is 1.94 bits per heavy atom. The van der Waals surface area contributed by atoms with Gasteiger partial charge in [0, 0.05) is 11.6 Å². The molecule has 0 aliphatic rings. The predicted molar refractivity (Wildman–Crippen MR) is 64.4 cm³/mol. The van der Waals surface area contributed by atoms with Gasteiger partial charge in [-0.2, -0.15) is 0 Å². The molecule has 0 rings (SSSR count). The summed E-state index contributed by atoms with van der Waals surface area (Å²) in [5.41, 5.74) is 0.839. The molecular formula is C12H23NO3. The molecule has 0 radical (unpaired) electrons. The average Bonchev–Trinajstić information content (AvgIpc) is 2.18. The normalized spacial score (nSPS) is 16.9. The second kappa shape index (κ2) is 6.66. The predicted octanol–water partition coefficient (Wildman–Crippen LogP) is 1.50. The van der Waals surface area contributed by atoms with Gasteiger partial charge >= 0.3 is 5.97 Å². The van der Waals surface area contributed by atoms with Gasteiger partial charge in [0.25, 0.3) is 0 Å². The number of hydrogen-bond donors (Lipinski definition) is 2. The first-order valence-corrected chi connectivity index (χ1v) is 5.72. The van der Waals surface area contributed by atoms with Gasteiger partial charge in [-0.3, -0.25) is 4.90 Å². The molecule has 94 valence electrons. The molecule has 2 unspecified atom stereocenters. The summed E-state index contributed by atoms with van der Waals surface area (Å²) in [6, 6.07) is -0.0499. The van der Waals surface area contributed by atoms with Gasteiger partial charge in [-0.1, -0.05) is 13.8 Å². The maximum Gasteiger partial charge on any atom is 0.331 e. The zero-order chi connectivity index (χ0) is 12.9.